The van der Waals surface area contributed by atoms with Gasteiger partial charge in [0.25, 0.3) is 0 Å². The smallest absolute Gasteiger partial charge is 0.227 e. The van der Waals surface area contributed by atoms with Crippen molar-refractivity contribution < 1.29 is 9.18 Å². The van der Waals surface area contributed by atoms with E-state index >= 15 is 0 Å². The molecule has 1 aliphatic rings. The first-order chi connectivity index (χ1) is 9.10. The fourth-order valence-corrected chi connectivity index (χ4v) is 2.68. The lowest BCUT2D eigenvalue weighted by molar-refractivity contribution is -0.134. The SMILES string of the molecule is CC1CCN(C(=O)Cc2ccc(F)cc2)C(CN)C1. The molecule has 1 heterocycles. The number of amides is 1. The van der Waals surface area contributed by atoms with Crippen LogP contribution in [0.5, 0.6) is 0 Å². The molecule has 1 amide bonds. The van der Waals surface area contributed by atoms with Gasteiger partial charge >= 0.3 is 0 Å². The quantitative estimate of drug-likeness (QED) is 0.907. The minimum atomic E-state index is -0.275. The highest BCUT2D eigenvalue weighted by atomic mass is 19.1. The Balaban J connectivity index is 2.00. The average molecular weight is 264 g/mol. The molecule has 0 saturated carbocycles. The molecule has 0 radical (unpaired) electrons. The van der Waals surface area contributed by atoms with Gasteiger partial charge in [0, 0.05) is 19.1 Å². The summed E-state index contributed by atoms with van der Waals surface area (Å²) in [6.07, 6.45) is 2.34. The molecule has 2 unspecified atom stereocenters. The molecule has 0 bridgehead atoms. The molecule has 1 fully saturated rings. The van der Waals surface area contributed by atoms with E-state index in [9.17, 15) is 9.18 Å². The first-order valence-corrected chi connectivity index (χ1v) is 6.84. The lowest BCUT2D eigenvalue weighted by Gasteiger charge is -2.38. The lowest BCUT2D eigenvalue weighted by Crippen LogP contribution is -2.49. The predicted molar refractivity (Wildman–Crippen MR) is 73.1 cm³/mol. The minimum Gasteiger partial charge on any atom is -0.338 e. The Morgan fingerprint density at radius 1 is 1.42 bits per heavy atom. The largest absolute Gasteiger partial charge is 0.338 e. The van der Waals surface area contributed by atoms with Gasteiger partial charge in [0.15, 0.2) is 0 Å². The average Bonchev–Trinajstić information content (AvgIpc) is 2.41. The first kappa shape index (κ1) is 14.0. The third-order valence-corrected chi connectivity index (χ3v) is 3.84. The van der Waals surface area contributed by atoms with Crippen LogP contribution in [0.1, 0.15) is 25.3 Å². The molecule has 3 nitrogen and oxygen atoms in total. The highest BCUT2D eigenvalue weighted by Crippen LogP contribution is 2.22. The van der Waals surface area contributed by atoms with Crippen LogP contribution in [0, 0.1) is 11.7 Å². The molecular weight excluding hydrogens is 243 g/mol. The highest BCUT2D eigenvalue weighted by molar-refractivity contribution is 5.79. The summed E-state index contributed by atoms with van der Waals surface area (Å²) in [5, 5.41) is 0. The van der Waals surface area contributed by atoms with Gasteiger partial charge in [0.1, 0.15) is 5.82 Å². The fraction of sp³-hybridized carbons (Fsp3) is 0.533. The van der Waals surface area contributed by atoms with Crippen LogP contribution in [0.3, 0.4) is 0 Å². The molecule has 0 aromatic heterocycles. The highest BCUT2D eigenvalue weighted by Gasteiger charge is 2.28. The van der Waals surface area contributed by atoms with Crippen LogP contribution in [-0.2, 0) is 11.2 Å². The summed E-state index contributed by atoms with van der Waals surface area (Å²) in [5.41, 5.74) is 6.61. The molecule has 104 valence electrons. The zero-order chi connectivity index (χ0) is 13.8. The molecule has 2 N–H and O–H groups in total. The number of nitrogens with zero attached hydrogens (tertiary/aromatic N) is 1. The molecule has 1 saturated heterocycles. The van der Waals surface area contributed by atoms with Gasteiger partial charge in [-0.2, -0.15) is 0 Å². The van der Waals surface area contributed by atoms with Gasteiger partial charge in [0.05, 0.1) is 6.42 Å². The van der Waals surface area contributed by atoms with Gasteiger partial charge in [-0.15, -0.1) is 0 Å². The second-order valence-electron chi connectivity index (χ2n) is 5.41. The molecule has 1 aromatic rings. The third kappa shape index (κ3) is 3.53. The molecule has 1 aliphatic heterocycles. The van der Waals surface area contributed by atoms with Gasteiger partial charge in [-0.1, -0.05) is 19.1 Å². The Kier molecular flexibility index (Phi) is 4.53. The van der Waals surface area contributed by atoms with Crippen molar-refractivity contribution in [3.8, 4) is 0 Å². The van der Waals surface area contributed by atoms with E-state index in [1.165, 1.54) is 12.1 Å². The van der Waals surface area contributed by atoms with Crippen molar-refractivity contribution in [3.63, 3.8) is 0 Å². The van der Waals surface area contributed by atoms with Gasteiger partial charge in [-0.3, -0.25) is 4.79 Å². The number of rotatable bonds is 3. The van der Waals surface area contributed by atoms with E-state index in [1.54, 1.807) is 12.1 Å². The van der Waals surface area contributed by atoms with Crippen molar-refractivity contribution in [1.29, 1.82) is 0 Å². The van der Waals surface area contributed by atoms with Crippen LogP contribution in [0.4, 0.5) is 4.39 Å². The molecule has 1 aromatic carbocycles. The zero-order valence-electron chi connectivity index (χ0n) is 11.3. The van der Waals surface area contributed by atoms with E-state index in [-0.39, 0.29) is 17.8 Å². The number of hydrogen-bond acceptors (Lipinski definition) is 2. The van der Waals surface area contributed by atoms with Gasteiger partial charge in [-0.05, 0) is 36.5 Å². The Hall–Kier alpha value is -1.42. The summed E-state index contributed by atoms with van der Waals surface area (Å²) in [6, 6.07) is 6.26. The molecule has 19 heavy (non-hydrogen) atoms. The van der Waals surface area contributed by atoms with Gasteiger partial charge < -0.3 is 10.6 Å². The van der Waals surface area contributed by atoms with Gasteiger partial charge in [-0.25, -0.2) is 4.39 Å². The third-order valence-electron chi connectivity index (χ3n) is 3.84. The second-order valence-corrected chi connectivity index (χ2v) is 5.41. The topological polar surface area (TPSA) is 46.3 Å². The summed E-state index contributed by atoms with van der Waals surface area (Å²) in [7, 11) is 0. The van der Waals surface area contributed by atoms with E-state index in [1.807, 2.05) is 4.90 Å². The van der Waals surface area contributed by atoms with Crippen molar-refractivity contribution in [3.05, 3.63) is 35.6 Å². The standard InChI is InChI=1S/C15H21FN2O/c1-11-6-7-18(14(8-11)10-17)15(19)9-12-2-4-13(16)5-3-12/h2-5,11,14H,6-10,17H2,1H3. The van der Waals surface area contributed by atoms with E-state index in [0.717, 1.165) is 24.9 Å². The molecule has 4 heteroatoms. The normalized spacial score (nSPS) is 23.4. The molecule has 0 aliphatic carbocycles. The number of piperidine rings is 1. The molecule has 2 rings (SSSR count). The number of hydrogen-bond donors (Lipinski definition) is 1. The number of carbonyl (C=O) groups excluding carboxylic acids is 1. The van der Waals surface area contributed by atoms with Crippen molar-refractivity contribution in [2.24, 2.45) is 11.7 Å². The molecular formula is C15H21FN2O. The summed E-state index contributed by atoms with van der Waals surface area (Å²) in [5.74, 6) is 0.445. The number of carbonyl (C=O) groups is 1. The zero-order valence-corrected chi connectivity index (χ0v) is 11.3. The first-order valence-electron chi connectivity index (χ1n) is 6.84. The molecule has 0 spiro atoms. The van der Waals surface area contributed by atoms with Crippen LogP contribution in [0.15, 0.2) is 24.3 Å². The van der Waals surface area contributed by atoms with Crippen molar-refractivity contribution in [2.75, 3.05) is 13.1 Å². The van der Waals surface area contributed by atoms with E-state index in [4.69, 9.17) is 5.73 Å². The molecule has 2 atom stereocenters. The van der Waals surface area contributed by atoms with Crippen LogP contribution < -0.4 is 5.73 Å². The van der Waals surface area contributed by atoms with E-state index in [0.29, 0.717) is 18.9 Å². The summed E-state index contributed by atoms with van der Waals surface area (Å²) in [4.78, 5) is 14.2. The van der Waals surface area contributed by atoms with Crippen LogP contribution in [0.25, 0.3) is 0 Å². The predicted octanol–water partition coefficient (Wildman–Crippen LogP) is 1.95. The number of nitrogens with two attached hydrogens (primary N) is 1. The maximum absolute atomic E-state index is 12.8. The Morgan fingerprint density at radius 2 is 2.11 bits per heavy atom. The number of likely N-dealkylation sites (tertiary alicyclic amines) is 1. The van der Waals surface area contributed by atoms with E-state index < -0.39 is 0 Å². The maximum Gasteiger partial charge on any atom is 0.227 e. The fourth-order valence-electron chi connectivity index (χ4n) is 2.68. The summed E-state index contributed by atoms with van der Waals surface area (Å²) < 4.78 is 12.8. The summed E-state index contributed by atoms with van der Waals surface area (Å²) >= 11 is 0. The number of halogens is 1. The van der Waals surface area contributed by atoms with E-state index in [2.05, 4.69) is 6.92 Å². The van der Waals surface area contributed by atoms with Crippen LogP contribution >= 0.6 is 0 Å². The van der Waals surface area contributed by atoms with Crippen LogP contribution in [-0.4, -0.2) is 29.9 Å². The number of benzene rings is 1. The van der Waals surface area contributed by atoms with Crippen molar-refractivity contribution in [2.45, 2.75) is 32.2 Å². The maximum atomic E-state index is 12.8. The van der Waals surface area contributed by atoms with Gasteiger partial charge in [0.2, 0.25) is 5.91 Å². The Morgan fingerprint density at radius 3 is 2.74 bits per heavy atom. The second kappa shape index (κ2) is 6.15. The lowest BCUT2D eigenvalue weighted by atomic mass is 9.92. The monoisotopic (exact) mass is 264 g/mol. The van der Waals surface area contributed by atoms with Crippen LogP contribution in [0.2, 0.25) is 0 Å². The minimum absolute atomic E-state index is 0.0916. The Labute approximate surface area is 113 Å². The Bertz CT molecular complexity index is 432. The summed E-state index contributed by atoms with van der Waals surface area (Å²) in [6.45, 7) is 3.49. The van der Waals surface area contributed by atoms with Crippen molar-refractivity contribution >= 4 is 5.91 Å². The van der Waals surface area contributed by atoms with Crippen molar-refractivity contribution in [1.82, 2.24) is 4.90 Å².